The van der Waals surface area contributed by atoms with Gasteiger partial charge in [0.05, 0.1) is 6.10 Å². The number of halogens is 1. The molecule has 3 N–H and O–H groups in total. The largest absolute Gasteiger partial charge is 0.398 e. The Bertz CT molecular complexity index is 378. The number of ether oxygens (including phenoxy) is 1. The Hall–Kier alpha value is -0.580. The Kier molecular flexibility index (Phi) is 4.42. The van der Waals surface area contributed by atoms with Gasteiger partial charge in [-0.25, -0.2) is 0 Å². The van der Waals surface area contributed by atoms with Crippen LogP contribution in [0.25, 0.3) is 0 Å². The van der Waals surface area contributed by atoms with E-state index in [1.165, 1.54) is 0 Å². The van der Waals surface area contributed by atoms with Crippen LogP contribution < -0.4 is 5.73 Å². The fourth-order valence-electron chi connectivity index (χ4n) is 2.26. The summed E-state index contributed by atoms with van der Waals surface area (Å²) in [6.07, 6.45) is 2.36. The van der Waals surface area contributed by atoms with Crippen molar-refractivity contribution in [3.63, 3.8) is 0 Å². The van der Waals surface area contributed by atoms with Crippen LogP contribution in [0.2, 0.25) is 0 Å². The minimum atomic E-state index is -0.476. The van der Waals surface area contributed by atoms with Gasteiger partial charge in [0.15, 0.2) is 0 Å². The van der Waals surface area contributed by atoms with Crippen molar-refractivity contribution in [2.45, 2.75) is 25.4 Å². The molecule has 94 valence electrons. The maximum absolute atomic E-state index is 10.2. The predicted molar refractivity (Wildman–Crippen MR) is 71.7 cm³/mol. The Labute approximate surface area is 110 Å². The molecule has 17 heavy (non-hydrogen) atoms. The van der Waals surface area contributed by atoms with Gasteiger partial charge in [-0.1, -0.05) is 15.9 Å². The van der Waals surface area contributed by atoms with E-state index in [0.29, 0.717) is 11.6 Å². The first-order valence-electron chi connectivity index (χ1n) is 5.97. The molecule has 0 bridgehead atoms. The molecule has 1 saturated heterocycles. The first kappa shape index (κ1) is 12.9. The number of aliphatic hydroxyl groups excluding tert-OH is 1. The lowest BCUT2D eigenvalue weighted by atomic mass is 9.90. The molecule has 0 radical (unpaired) electrons. The summed E-state index contributed by atoms with van der Waals surface area (Å²) in [6.45, 7) is 1.62. The zero-order valence-electron chi connectivity index (χ0n) is 9.73. The predicted octanol–water partition coefficient (Wildman–Crippen LogP) is 2.88. The summed E-state index contributed by atoms with van der Waals surface area (Å²) in [4.78, 5) is 0. The molecule has 1 fully saturated rings. The van der Waals surface area contributed by atoms with E-state index in [9.17, 15) is 5.11 Å². The van der Waals surface area contributed by atoms with Gasteiger partial charge < -0.3 is 15.6 Å². The third kappa shape index (κ3) is 3.44. The smallest absolute Gasteiger partial charge is 0.0813 e. The third-order valence-electron chi connectivity index (χ3n) is 3.31. The molecule has 1 unspecified atom stereocenters. The Morgan fingerprint density at radius 1 is 1.41 bits per heavy atom. The van der Waals surface area contributed by atoms with Crippen molar-refractivity contribution in [1.29, 1.82) is 0 Å². The zero-order valence-corrected chi connectivity index (χ0v) is 11.3. The van der Waals surface area contributed by atoms with Crippen molar-refractivity contribution >= 4 is 21.6 Å². The minimum absolute atomic E-state index is 0.476. The molecule has 1 aliphatic rings. The average molecular weight is 300 g/mol. The molecule has 1 aliphatic heterocycles. The summed E-state index contributed by atoms with van der Waals surface area (Å²) >= 11 is 3.40. The van der Waals surface area contributed by atoms with Gasteiger partial charge in [0.1, 0.15) is 0 Å². The van der Waals surface area contributed by atoms with Crippen LogP contribution in [0, 0.1) is 5.92 Å². The van der Waals surface area contributed by atoms with Crippen LogP contribution in [-0.4, -0.2) is 18.3 Å². The van der Waals surface area contributed by atoms with Gasteiger partial charge in [0.2, 0.25) is 0 Å². The molecule has 0 spiro atoms. The van der Waals surface area contributed by atoms with E-state index < -0.39 is 6.10 Å². The van der Waals surface area contributed by atoms with E-state index in [-0.39, 0.29) is 0 Å². The molecule has 1 aromatic carbocycles. The summed E-state index contributed by atoms with van der Waals surface area (Å²) in [5.74, 6) is 0.539. The second kappa shape index (κ2) is 5.85. The number of nitrogens with two attached hydrogens (primary N) is 1. The van der Waals surface area contributed by atoms with Gasteiger partial charge in [-0.15, -0.1) is 0 Å². The van der Waals surface area contributed by atoms with Crippen LogP contribution in [0.3, 0.4) is 0 Å². The van der Waals surface area contributed by atoms with E-state index in [4.69, 9.17) is 10.5 Å². The van der Waals surface area contributed by atoms with Gasteiger partial charge in [0, 0.05) is 28.9 Å². The van der Waals surface area contributed by atoms with Crippen LogP contribution in [0.1, 0.15) is 30.9 Å². The Balaban J connectivity index is 2.02. The second-order valence-electron chi connectivity index (χ2n) is 4.58. The average Bonchev–Trinajstić information content (AvgIpc) is 2.33. The quantitative estimate of drug-likeness (QED) is 0.844. The van der Waals surface area contributed by atoms with Crippen LogP contribution in [-0.2, 0) is 4.74 Å². The maximum atomic E-state index is 10.2. The molecule has 1 aromatic rings. The number of hydrogen-bond acceptors (Lipinski definition) is 3. The highest BCUT2D eigenvalue weighted by molar-refractivity contribution is 9.10. The van der Waals surface area contributed by atoms with E-state index >= 15 is 0 Å². The highest BCUT2D eigenvalue weighted by atomic mass is 79.9. The SMILES string of the molecule is Nc1ccc(Br)cc1C(O)CC1CCOCC1. The summed E-state index contributed by atoms with van der Waals surface area (Å²) in [5, 5.41) is 10.2. The molecule has 0 aliphatic carbocycles. The lowest BCUT2D eigenvalue weighted by molar-refractivity contribution is 0.0436. The molecule has 0 amide bonds. The van der Waals surface area contributed by atoms with Crippen molar-refractivity contribution in [1.82, 2.24) is 0 Å². The first-order valence-corrected chi connectivity index (χ1v) is 6.77. The van der Waals surface area contributed by atoms with Crippen molar-refractivity contribution < 1.29 is 9.84 Å². The van der Waals surface area contributed by atoms with Crippen LogP contribution >= 0.6 is 15.9 Å². The molecule has 4 heteroatoms. The number of aliphatic hydroxyl groups is 1. The van der Waals surface area contributed by atoms with Gasteiger partial charge >= 0.3 is 0 Å². The summed E-state index contributed by atoms with van der Waals surface area (Å²) in [6, 6.07) is 5.62. The number of benzene rings is 1. The van der Waals surface area contributed by atoms with Crippen LogP contribution in [0.4, 0.5) is 5.69 Å². The van der Waals surface area contributed by atoms with Crippen molar-refractivity contribution in [3.8, 4) is 0 Å². The van der Waals surface area contributed by atoms with Gasteiger partial charge in [-0.3, -0.25) is 0 Å². The molecule has 0 saturated carbocycles. The van der Waals surface area contributed by atoms with Crippen molar-refractivity contribution in [3.05, 3.63) is 28.2 Å². The standard InChI is InChI=1S/C13H18BrNO2/c14-10-1-2-12(15)11(8-10)13(16)7-9-3-5-17-6-4-9/h1-2,8-9,13,16H,3-7,15H2. The fraction of sp³-hybridized carbons (Fsp3) is 0.538. The second-order valence-corrected chi connectivity index (χ2v) is 5.50. The third-order valence-corrected chi connectivity index (χ3v) is 3.80. The van der Waals surface area contributed by atoms with Crippen LogP contribution in [0.5, 0.6) is 0 Å². The molecule has 0 aromatic heterocycles. The molecule has 1 heterocycles. The number of nitrogen functional groups attached to an aromatic ring is 1. The minimum Gasteiger partial charge on any atom is -0.398 e. The molecular formula is C13H18BrNO2. The fourth-order valence-corrected chi connectivity index (χ4v) is 2.64. The lowest BCUT2D eigenvalue weighted by Crippen LogP contribution is -2.18. The summed E-state index contributed by atoms with van der Waals surface area (Å²) in [7, 11) is 0. The maximum Gasteiger partial charge on any atom is 0.0813 e. The highest BCUT2D eigenvalue weighted by Crippen LogP contribution is 2.31. The normalized spacial score (nSPS) is 19.2. The van der Waals surface area contributed by atoms with E-state index in [2.05, 4.69) is 15.9 Å². The molecular weight excluding hydrogens is 282 g/mol. The van der Waals surface area contributed by atoms with E-state index in [1.807, 2.05) is 18.2 Å². The van der Waals surface area contributed by atoms with Crippen molar-refractivity contribution in [2.75, 3.05) is 18.9 Å². The monoisotopic (exact) mass is 299 g/mol. The van der Waals surface area contributed by atoms with Crippen molar-refractivity contribution in [2.24, 2.45) is 5.92 Å². The van der Waals surface area contributed by atoms with Gasteiger partial charge in [-0.2, -0.15) is 0 Å². The Morgan fingerprint density at radius 2 is 2.12 bits per heavy atom. The summed E-state index contributed by atoms with van der Waals surface area (Å²) in [5.41, 5.74) is 7.37. The van der Waals surface area contributed by atoms with Gasteiger partial charge in [0.25, 0.3) is 0 Å². The van der Waals surface area contributed by atoms with E-state index in [1.54, 1.807) is 0 Å². The topological polar surface area (TPSA) is 55.5 Å². The van der Waals surface area contributed by atoms with Gasteiger partial charge in [-0.05, 0) is 43.4 Å². The Morgan fingerprint density at radius 3 is 2.82 bits per heavy atom. The zero-order chi connectivity index (χ0) is 12.3. The summed E-state index contributed by atoms with van der Waals surface area (Å²) < 4.78 is 6.27. The molecule has 3 nitrogen and oxygen atoms in total. The first-order chi connectivity index (χ1) is 8.16. The number of rotatable bonds is 3. The number of hydrogen-bond donors (Lipinski definition) is 2. The number of anilines is 1. The highest BCUT2D eigenvalue weighted by Gasteiger charge is 2.20. The molecule has 1 atom stereocenters. The lowest BCUT2D eigenvalue weighted by Gasteiger charge is -2.25. The molecule has 2 rings (SSSR count). The van der Waals surface area contributed by atoms with E-state index in [0.717, 1.165) is 42.5 Å². The van der Waals surface area contributed by atoms with Crippen LogP contribution in [0.15, 0.2) is 22.7 Å².